The van der Waals surface area contributed by atoms with Crippen LogP contribution in [0.3, 0.4) is 0 Å². The number of ether oxygens (including phenoxy) is 1. The average molecular weight is 267 g/mol. The first kappa shape index (κ1) is 14.8. The van der Waals surface area contributed by atoms with Crippen LogP contribution < -0.4 is 5.73 Å². The second-order valence-electron chi connectivity index (χ2n) is 6.67. The summed E-state index contributed by atoms with van der Waals surface area (Å²) in [7, 11) is 1.50. The largest absolute Gasteiger partial charge is 0.469 e. The summed E-state index contributed by atoms with van der Waals surface area (Å²) in [6, 6.07) is 0. The van der Waals surface area contributed by atoms with E-state index in [4.69, 9.17) is 10.5 Å². The molecule has 1 atom stereocenters. The van der Waals surface area contributed by atoms with Crippen LogP contribution in [-0.2, 0) is 9.53 Å². The Labute approximate surface area is 117 Å². The summed E-state index contributed by atoms with van der Waals surface area (Å²) in [6.45, 7) is 0.447. The summed E-state index contributed by atoms with van der Waals surface area (Å²) in [6.07, 6.45) is 12.3. The minimum atomic E-state index is -0.395. The summed E-state index contributed by atoms with van der Waals surface area (Å²) >= 11 is 0. The SMILES string of the molecule is COC(=O)C(CN)(CCC1CCCCC1)CC1CC1. The molecule has 0 bridgehead atoms. The molecule has 2 aliphatic carbocycles. The first-order valence-corrected chi connectivity index (χ1v) is 7.98. The van der Waals surface area contributed by atoms with E-state index in [1.54, 1.807) is 0 Å². The number of esters is 1. The third-order valence-corrected chi connectivity index (χ3v) is 5.14. The fraction of sp³-hybridized carbons (Fsp3) is 0.938. The summed E-state index contributed by atoms with van der Waals surface area (Å²) < 4.78 is 5.06. The lowest BCUT2D eigenvalue weighted by atomic mass is 9.74. The van der Waals surface area contributed by atoms with Gasteiger partial charge in [0.15, 0.2) is 0 Å². The lowest BCUT2D eigenvalue weighted by molar-refractivity contribution is -0.153. The molecule has 2 saturated carbocycles. The molecule has 110 valence electrons. The highest BCUT2D eigenvalue weighted by molar-refractivity contribution is 5.77. The fourth-order valence-electron chi connectivity index (χ4n) is 3.60. The summed E-state index contributed by atoms with van der Waals surface area (Å²) in [4.78, 5) is 12.2. The smallest absolute Gasteiger partial charge is 0.313 e. The normalized spacial score (nSPS) is 23.9. The van der Waals surface area contributed by atoms with Gasteiger partial charge in [-0.2, -0.15) is 0 Å². The maximum absolute atomic E-state index is 12.2. The Morgan fingerprint density at radius 2 is 1.84 bits per heavy atom. The third-order valence-electron chi connectivity index (χ3n) is 5.14. The molecule has 1 unspecified atom stereocenters. The van der Waals surface area contributed by atoms with Gasteiger partial charge in [-0.25, -0.2) is 0 Å². The van der Waals surface area contributed by atoms with Gasteiger partial charge in [0.05, 0.1) is 12.5 Å². The molecule has 0 aromatic rings. The van der Waals surface area contributed by atoms with E-state index >= 15 is 0 Å². The summed E-state index contributed by atoms with van der Waals surface area (Å²) in [5.74, 6) is 1.45. The summed E-state index contributed by atoms with van der Waals surface area (Å²) in [5.41, 5.74) is 5.58. The van der Waals surface area contributed by atoms with Crippen molar-refractivity contribution in [2.75, 3.05) is 13.7 Å². The molecule has 2 fully saturated rings. The van der Waals surface area contributed by atoms with Crippen molar-refractivity contribution in [1.29, 1.82) is 0 Å². The second-order valence-corrected chi connectivity index (χ2v) is 6.67. The lowest BCUT2D eigenvalue weighted by Gasteiger charge is -2.32. The van der Waals surface area contributed by atoms with Gasteiger partial charge in [-0.1, -0.05) is 44.9 Å². The van der Waals surface area contributed by atoms with Crippen molar-refractivity contribution in [3.63, 3.8) is 0 Å². The van der Waals surface area contributed by atoms with E-state index in [1.165, 1.54) is 52.1 Å². The molecular formula is C16H29NO2. The Balaban J connectivity index is 1.92. The van der Waals surface area contributed by atoms with Gasteiger partial charge < -0.3 is 10.5 Å². The Morgan fingerprint density at radius 1 is 1.16 bits per heavy atom. The topological polar surface area (TPSA) is 52.3 Å². The van der Waals surface area contributed by atoms with Crippen molar-refractivity contribution < 1.29 is 9.53 Å². The molecule has 0 aromatic carbocycles. The van der Waals surface area contributed by atoms with E-state index in [9.17, 15) is 4.79 Å². The Morgan fingerprint density at radius 3 is 2.37 bits per heavy atom. The highest BCUT2D eigenvalue weighted by Crippen LogP contribution is 2.44. The quantitative estimate of drug-likeness (QED) is 0.720. The van der Waals surface area contributed by atoms with Crippen molar-refractivity contribution in [3.8, 4) is 0 Å². The molecule has 2 N–H and O–H groups in total. The number of carbonyl (C=O) groups is 1. The number of hydrogen-bond acceptors (Lipinski definition) is 3. The first-order valence-electron chi connectivity index (χ1n) is 7.98. The van der Waals surface area contributed by atoms with Crippen LogP contribution in [0.1, 0.15) is 64.2 Å². The maximum atomic E-state index is 12.2. The van der Waals surface area contributed by atoms with E-state index in [0.717, 1.165) is 25.2 Å². The van der Waals surface area contributed by atoms with Gasteiger partial charge in [0.2, 0.25) is 0 Å². The molecule has 0 radical (unpaired) electrons. The highest BCUT2D eigenvalue weighted by Gasteiger charge is 2.43. The van der Waals surface area contributed by atoms with Crippen molar-refractivity contribution in [3.05, 3.63) is 0 Å². The van der Waals surface area contributed by atoms with E-state index < -0.39 is 5.41 Å². The zero-order chi connectivity index (χ0) is 13.7. The van der Waals surface area contributed by atoms with Gasteiger partial charge in [-0.15, -0.1) is 0 Å². The average Bonchev–Trinajstić information content (AvgIpc) is 3.27. The van der Waals surface area contributed by atoms with Crippen LogP contribution in [0.5, 0.6) is 0 Å². The number of hydrogen-bond donors (Lipinski definition) is 1. The molecule has 2 aliphatic rings. The van der Waals surface area contributed by atoms with E-state index in [-0.39, 0.29) is 5.97 Å². The van der Waals surface area contributed by atoms with Gasteiger partial charge in [-0.05, 0) is 31.1 Å². The Bertz CT molecular complexity index is 295. The zero-order valence-corrected chi connectivity index (χ0v) is 12.3. The van der Waals surface area contributed by atoms with Gasteiger partial charge in [0.1, 0.15) is 0 Å². The van der Waals surface area contributed by atoms with Crippen molar-refractivity contribution in [1.82, 2.24) is 0 Å². The molecule has 0 saturated heterocycles. The molecule has 0 aromatic heterocycles. The predicted molar refractivity (Wildman–Crippen MR) is 76.7 cm³/mol. The van der Waals surface area contributed by atoms with Crippen LogP contribution in [0, 0.1) is 17.3 Å². The van der Waals surface area contributed by atoms with Gasteiger partial charge in [0.25, 0.3) is 0 Å². The molecule has 0 spiro atoms. The number of carbonyl (C=O) groups excluding carboxylic acids is 1. The van der Waals surface area contributed by atoms with E-state index in [2.05, 4.69) is 0 Å². The zero-order valence-electron chi connectivity index (χ0n) is 12.3. The maximum Gasteiger partial charge on any atom is 0.313 e. The standard InChI is InChI=1S/C16H29NO2/c1-19-15(18)16(12-17,11-14-7-8-14)10-9-13-5-3-2-4-6-13/h13-14H,2-12,17H2,1H3. The minimum absolute atomic E-state index is 0.0716. The number of nitrogens with two attached hydrogens (primary N) is 1. The number of rotatable bonds is 7. The van der Waals surface area contributed by atoms with Crippen LogP contribution >= 0.6 is 0 Å². The van der Waals surface area contributed by atoms with Crippen LogP contribution in [0.2, 0.25) is 0 Å². The molecular weight excluding hydrogens is 238 g/mol. The molecule has 2 rings (SSSR count). The second kappa shape index (κ2) is 6.74. The molecule has 19 heavy (non-hydrogen) atoms. The molecule has 0 aliphatic heterocycles. The van der Waals surface area contributed by atoms with Crippen LogP contribution in [-0.4, -0.2) is 19.6 Å². The molecule has 3 nitrogen and oxygen atoms in total. The predicted octanol–water partition coefficient (Wildman–Crippen LogP) is 3.27. The third kappa shape index (κ3) is 3.95. The first-order chi connectivity index (χ1) is 9.20. The summed E-state index contributed by atoms with van der Waals surface area (Å²) in [5, 5.41) is 0. The van der Waals surface area contributed by atoms with E-state index in [1.807, 2.05) is 0 Å². The number of methoxy groups -OCH3 is 1. The van der Waals surface area contributed by atoms with Gasteiger partial charge >= 0.3 is 5.97 Å². The van der Waals surface area contributed by atoms with Crippen LogP contribution in [0.4, 0.5) is 0 Å². The van der Waals surface area contributed by atoms with E-state index in [0.29, 0.717) is 12.5 Å². The van der Waals surface area contributed by atoms with Crippen molar-refractivity contribution >= 4 is 5.97 Å². The minimum Gasteiger partial charge on any atom is -0.469 e. The van der Waals surface area contributed by atoms with Gasteiger partial charge in [0, 0.05) is 6.54 Å². The highest BCUT2D eigenvalue weighted by atomic mass is 16.5. The fourth-order valence-corrected chi connectivity index (χ4v) is 3.60. The molecule has 0 heterocycles. The Hall–Kier alpha value is -0.570. The van der Waals surface area contributed by atoms with Gasteiger partial charge in [-0.3, -0.25) is 4.79 Å². The molecule has 3 heteroatoms. The lowest BCUT2D eigenvalue weighted by Crippen LogP contribution is -2.40. The monoisotopic (exact) mass is 267 g/mol. The molecule has 0 amide bonds. The Kier molecular flexibility index (Phi) is 5.26. The van der Waals surface area contributed by atoms with Crippen molar-refractivity contribution in [2.24, 2.45) is 23.0 Å². The van der Waals surface area contributed by atoms with Crippen molar-refractivity contribution in [2.45, 2.75) is 64.2 Å². The van der Waals surface area contributed by atoms with Crippen LogP contribution in [0.15, 0.2) is 0 Å². The van der Waals surface area contributed by atoms with Crippen LogP contribution in [0.25, 0.3) is 0 Å².